The molecule has 0 aromatic rings. The lowest BCUT2D eigenvalue weighted by Gasteiger charge is -2.38. The second-order valence-electron chi connectivity index (χ2n) is 5.60. The van der Waals surface area contributed by atoms with Gasteiger partial charge < -0.3 is 20.4 Å². The molecule has 3 N–H and O–H groups in total. The molecule has 6 nitrogen and oxygen atoms in total. The predicted molar refractivity (Wildman–Crippen MR) is 68.7 cm³/mol. The molecule has 108 valence electrons. The minimum Gasteiger partial charge on any atom is -0.480 e. The molecule has 4 atom stereocenters. The first-order valence-corrected chi connectivity index (χ1v) is 6.98. The molecule has 1 heterocycles. The van der Waals surface area contributed by atoms with Crippen molar-refractivity contribution in [1.29, 1.82) is 0 Å². The van der Waals surface area contributed by atoms with Crippen molar-refractivity contribution in [2.24, 2.45) is 5.92 Å². The number of nitrogens with one attached hydrogen (secondary N) is 1. The number of aliphatic hydroxyl groups is 1. The van der Waals surface area contributed by atoms with Crippen LogP contribution in [0.4, 0.5) is 4.79 Å². The molecule has 1 saturated heterocycles. The van der Waals surface area contributed by atoms with Crippen molar-refractivity contribution in [1.82, 2.24) is 10.2 Å². The summed E-state index contributed by atoms with van der Waals surface area (Å²) in [5.41, 5.74) is 0. The minimum atomic E-state index is -1.24. The number of rotatable bonds is 3. The number of carboxylic acid groups (broad SMARTS) is 1. The maximum atomic E-state index is 12.2. The predicted octanol–water partition coefficient (Wildman–Crippen LogP) is 0.794. The number of nitrogens with zero attached hydrogens (tertiary/aromatic N) is 1. The van der Waals surface area contributed by atoms with E-state index in [4.69, 9.17) is 5.11 Å². The highest BCUT2D eigenvalue weighted by molar-refractivity contribution is 5.83. The zero-order valence-corrected chi connectivity index (χ0v) is 11.2. The maximum Gasteiger partial charge on any atom is 0.328 e. The zero-order valence-electron chi connectivity index (χ0n) is 11.2. The second-order valence-corrected chi connectivity index (χ2v) is 5.60. The van der Waals surface area contributed by atoms with Crippen molar-refractivity contribution in [3.63, 3.8) is 0 Å². The molecule has 0 bridgehead atoms. The van der Waals surface area contributed by atoms with E-state index in [1.807, 2.05) is 0 Å². The lowest BCUT2D eigenvalue weighted by Crippen LogP contribution is -2.56. The Morgan fingerprint density at radius 2 is 1.95 bits per heavy atom. The number of aliphatic hydroxyl groups excluding tert-OH is 1. The van der Waals surface area contributed by atoms with Gasteiger partial charge in [-0.05, 0) is 38.5 Å². The number of carboxylic acids is 1. The Morgan fingerprint density at radius 3 is 2.58 bits per heavy atom. The molecule has 1 aliphatic heterocycles. The van der Waals surface area contributed by atoms with E-state index in [-0.39, 0.29) is 12.1 Å². The Hall–Kier alpha value is -1.30. The number of urea groups is 1. The van der Waals surface area contributed by atoms with Gasteiger partial charge in [-0.3, -0.25) is 0 Å². The van der Waals surface area contributed by atoms with E-state index in [2.05, 4.69) is 5.32 Å². The van der Waals surface area contributed by atoms with Crippen molar-refractivity contribution in [3.8, 4) is 0 Å². The summed E-state index contributed by atoms with van der Waals surface area (Å²) in [4.78, 5) is 25.0. The zero-order chi connectivity index (χ0) is 14.0. The van der Waals surface area contributed by atoms with Gasteiger partial charge in [0.05, 0.1) is 6.10 Å². The highest BCUT2D eigenvalue weighted by atomic mass is 16.4. The van der Waals surface area contributed by atoms with Crippen molar-refractivity contribution in [2.45, 2.75) is 57.2 Å². The van der Waals surface area contributed by atoms with Gasteiger partial charge >= 0.3 is 12.0 Å². The summed E-state index contributed by atoms with van der Waals surface area (Å²) >= 11 is 0. The molecule has 2 aliphatic rings. The largest absolute Gasteiger partial charge is 0.480 e. The number of aliphatic carboxylic acids is 1. The van der Waals surface area contributed by atoms with Crippen molar-refractivity contribution < 1.29 is 19.8 Å². The number of fused-ring (bicyclic) bond motifs is 1. The summed E-state index contributed by atoms with van der Waals surface area (Å²) in [5.74, 6) is -0.641. The quantitative estimate of drug-likeness (QED) is 0.707. The number of hydrogen-bond donors (Lipinski definition) is 3. The van der Waals surface area contributed by atoms with Gasteiger partial charge in [-0.1, -0.05) is 6.42 Å². The van der Waals surface area contributed by atoms with E-state index in [0.29, 0.717) is 12.5 Å². The number of hydrogen-bond acceptors (Lipinski definition) is 3. The molecule has 0 spiro atoms. The van der Waals surface area contributed by atoms with Gasteiger partial charge in [-0.25, -0.2) is 9.59 Å². The Kier molecular flexibility index (Phi) is 4.29. The number of carbonyl (C=O) groups is 2. The van der Waals surface area contributed by atoms with Crippen LogP contribution in [0.5, 0.6) is 0 Å². The third-order valence-corrected chi connectivity index (χ3v) is 4.28. The summed E-state index contributed by atoms with van der Waals surface area (Å²) in [6.45, 7) is 2.05. The minimum absolute atomic E-state index is 0.247. The first kappa shape index (κ1) is 14.1. The number of carbonyl (C=O) groups excluding carboxylic acids is 1. The van der Waals surface area contributed by atoms with E-state index in [9.17, 15) is 14.7 Å². The molecule has 6 heteroatoms. The van der Waals surface area contributed by atoms with Gasteiger partial charge in [-0.2, -0.15) is 0 Å². The average molecular weight is 270 g/mol. The van der Waals surface area contributed by atoms with Gasteiger partial charge in [0.1, 0.15) is 0 Å². The molecule has 1 saturated carbocycles. The smallest absolute Gasteiger partial charge is 0.328 e. The highest BCUT2D eigenvalue weighted by Crippen LogP contribution is 2.36. The number of amides is 2. The van der Waals surface area contributed by atoms with Gasteiger partial charge in [0, 0.05) is 12.6 Å². The fraction of sp³-hybridized carbons (Fsp3) is 0.846. The molecule has 0 aromatic heterocycles. The van der Waals surface area contributed by atoms with E-state index in [1.165, 1.54) is 6.92 Å². The summed E-state index contributed by atoms with van der Waals surface area (Å²) in [7, 11) is 0. The average Bonchev–Trinajstić information content (AvgIpc) is 2.82. The van der Waals surface area contributed by atoms with Crippen LogP contribution >= 0.6 is 0 Å². The first-order valence-electron chi connectivity index (χ1n) is 6.98. The van der Waals surface area contributed by atoms with E-state index in [1.54, 1.807) is 4.90 Å². The summed E-state index contributed by atoms with van der Waals surface area (Å²) < 4.78 is 0. The highest BCUT2D eigenvalue weighted by Gasteiger charge is 2.38. The molecule has 2 fully saturated rings. The van der Waals surface area contributed by atoms with Crippen LogP contribution in [0.2, 0.25) is 0 Å². The SMILES string of the molecule is C[C@@H](O)[C@H](NC(=O)N1CCCC2CCCC21)C(=O)O. The Balaban J connectivity index is 2.00. The van der Waals surface area contributed by atoms with Crippen LogP contribution in [0.1, 0.15) is 39.0 Å². The third-order valence-electron chi connectivity index (χ3n) is 4.28. The van der Waals surface area contributed by atoms with Crippen LogP contribution in [0, 0.1) is 5.92 Å². The molecule has 2 unspecified atom stereocenters. The van der Waals surface area contributed by atoms with Crippen LogP contribution in [0.25, 0.3) is 0 Å². The molecular formula is C13H22N2O4. The number of piperidine rings is 1. The summed E-state index contributed by atoms with van der Waals surface area (Å²) in [6, 6.07) is -1.35. The lowest BCUT2D eigenvalue weighted by atomic mass is 9.92. The molecule has 0 aromatic carbocycles. The van der Waals surface area contributed by atoms with Gasteiger partial charge in [-0.15, -0.1) is 0 Å². The summed E-state index contributed by atoms with van der Waals surface area (Å²) in [6.07, 6.45) is 4.33. The third kappa shape index (κ3) is 3.00. The molecule has 0 radical (unpaired) electrons. The van der Waals surface area contributed by atoms with E-state index in [0.717, 1.165) is 32.1 Å². The van der Waals surface area contributed by atoms with Gasteiger partial charge in [0.25, 0.3) is 0 Å². The van der Waals surface area contributed by atoms with Gasteiger partial charge in [0.2, 0.25) is 0 Å². The fourth-order valence-corrected chi connectivity index (χ4v) is 3.31. The molecule has 2 amide bonds. The van der Waals surface area contributed by atoms with Crippen LogP contribution < -0.4 is 5.32 Å². The lowest BCUT2D eigenvalue weighted by molar-refractivity contribution is -0.141. The monoisotopic (exact) mass is 270 g/mol. The van der Waals surface area contributed by atoms with Crippen molar-refractivity contribution >= 4 is 12.0 Å². The summed E-state index contributed by atoms with van der Waals surface area (Å²) in [5, 5.41) is 20.8. The fourth-order valence-electron chi connectivity index (χ4n) is 3.31. The first-order chi connectivity index (χ1) is 9.00. The van der Waals surface area contributed by atoms with Crippen LogP contribution in [0.15, 0.2) is 0 Å². The van der Waals surface area contributed by atoms with Gasteiger partial charge in [0.15, 0.2) is 6.04 Å². The van der Waals surface area contributed by atoms with Crippen LogP contribution in [-0.4, -0.2) is 51.8 Å². The molecule has 19 heavy (non-hydrogen) atoms. The molecule has 1 aliphatic carbocycles. The van der Waals surface area contributed by atoms with E-state index >= 15 is 0 Å². The molecule has 2 rings (SSSR count). The standard InChI is InChI=1S/C13H22N2O4/c1-8(16)11(12(17)18)14-13(19)15-7-3-5-9-4-2-6-10(9)15/h8-11,16H,2-7H2,1H3,(H,14,19)(H,17,18)/t8-,9?,10?,11+/m1/s1. The molecular weight excluding hydrogens is 248 g/mol. The van der Waals surface area contributed by atoms with Crippen LogP contribution in [0.3, 0.4) is 0 Å². The van der Waals surface area contributed by atoms with Crippen molar-refractivity contribution in [2.75, 3.05) is 6.54 Å². The normalized spacial score (nSPS) is 29.5. The Morgan fingerprint density at radius 1 is 1.26 bits per heavy atom. The van der Waals surface area contributed by atoms with E-state index < -0.39 is 18.1 Å². The van der Waals surface area contributed by atoms with Crippen LogP contribution in [-0.2, 0) is 4.79 Å². The van der Waals surface area contributed by atoms with Crippen molar-refractivity contribution in [3.05, 3.63) is 0 Å². The Bertz CT molecular complexity index is 359. The topological polar surface area (TPSA) is 89.9 Å². The number of likely N-dealkylation sites (tertiary alicyclic amines) is 1. The second kappa shape index (κ2) is 5.77. The maximum absolute atomic E-state index is 12.2. The Labute approximate surface area is 112 Å².